The molecule has 240 valence electrons. The van der Waals surface area contributed by atoms with E-state index < -0.39 is 0 Å². The number of aryl methyl sites for hydroxylation is 1. The molecule has 0 atom stereocenters. The van der Waals surface area contributed by atoms with E-state index >= 15 is 0 Å². The monoisotopic (exact) mass is 672 g/mol. The lowest BCUT2D eigenvalue weighted by molar-refractivity contribution is 0.669. The van der Waals surface area contributed by atoms with Gasteiger partial charge in [0.2, 0.25) is 0 Å². The Hall–Kier alpha value is -6.37. The topological polar surface area (TPSA) is 56.7 Å². The van der Waals surface area contributed by atoms with E-state index in [-0.39, 0.29) is 0 Å². The minimum Gasteiger partial charge on any atom is -0.456 e. The summed E-state index contributed by atoms with van der Waals surface area (Å²) in [6.07, 6.45) is 6.74. The van der Waals surface area contributed by atoms with Gasteiger partial charge >= 0.3 is 0 Å². The molecule has 0 saturated carbocycles. The number of hydrogen-bond acceptors (Lipinski definition) is 5. The highest BCUT2D eigenvalue weighted by atomic mass is 32.1. The molecule has 4 aromatic heterocycles. The van der Waals surface area contributed by atoms with Gasteiger partial charge in [-0.25, -0.2) is 15.0 Å². The van der Waals surface area contributed by atoms with Crippen molar-refractivity contribution in [2.24, 2.45) is 0 Å². The molecule has 1 aliphatic rings. The Balaban J connectivity index is 1.20. The Kier molecular flexibility index (Phi) is 6.18. The van der Waals surface area contributed by atoms with Crippen LogP contribution in [0, 0.1) is 0 Å². The molecular weight excluding hydrogens is 645 g/mol. The van der Waals surface area contributed by atoms with E-state index in [2.05, 4.69) is 77.4 Å². The fourth-order valence-electron chi connectivity index (χ4n) is 7.92. The summed E-state index contributed by atoms with van der Waals surface area (Å²) in [5.74, 6) is 1.89. The van der Waals surface area contributed by atoms with Crippen LogP contribution in [-0.4, -0.2) is 19.5 Å². The number of benzene rings is 6. The van der Waals surface area contributed by atoms with Gasteiger partial charge in [-0.3, -0.25) is 0 Å². The lowest BCUT2D eigenvalue weighted by atomic mass is 10.0. The minimum absolute atomic E-state index is 0.616. The first-order valence-electron chi connectivity index (χ1n) is 17.3. The van der Waals surface area contributed by atoms with Crippen molar-refractivity contribution in [1.82, 2.24) is 19.5 Å². The van der Waals surface area contributed by atoms with E-state index in [1.165, 1.54) is 48.0 Å². The molecule has 0 N–H and O–H groups in total. The Labute approximate surface area is 296 Å². The summed E-state index contributed by atoms with van der Waals surface area (Å²) in [4.78, 5) is 15.2. The summed E-state index contributed by atoms with van der Waals surface area (Å²) in [5.41, 5.74) is 9.63. The second-order valence-corrected chi connectivity index (χ2v) is 14.1. The predicted molar refractivity (Wildman–Crippen MR) is 210 cm³/mol. The molecule has 0 saturated heterocycles. The van der Waals surface area contributed by atoms with E-state index in [0.29, 0.717) is 17.5 Å². The maximum Gasteiger partial charge on any atom is 0.164 e. The lowest BCUT2D eigenvalue weighted by Gasteiger charge is -2.13. The zero-order valence-corrected chi connectivity index (χ0v) is 28.2. The third-order valence-electron chi connectivity index (χ3n) is 10.1. The van der Waals surface area contributed by atoms with Crippen molar-refractivity contribution in [3.05, 3.63) is 151 Å². The molecule has 10 aromatic rings. The van der Waals surface area contributed by atoms with Gasteiger partial charge in [0, 0.05) is 54.0 Å². The van der Waals surface area contributed by atoms with E-state index in [0.717, 1.165) is 51.5 Å². The minimum atomic E-state index is 0.616. The number of aromatic nitrogens is 4. The summed E-state index contributed by atoms with van der Waals surface area (Å²) in [5, 5.41) is 5.85. The molecule has 4 heterocycles. The number of hydrogen-bond donors (Lipinski definition) is 0. The molecule has 51 heavy (non-hydrogen) atoms. The summed E-state index contributed by atoms with van der Waals surface area (Å²) in [7, 11) is 0. The molecule has 0 unspecified atom stereocenters. The third-order valence-corrected chi connectivity index (χ3v) is 11.3. The van der Waals surface area contributed by atoms with E-state index in [1.54, 1.807) is 0 Å². The Morgan fingerprint density at radius 3 is 2.06 bits per heavy atom. The van der Waals surface area contributed by atoms with Crippen LogP contribution in [0.1, 0.15) is 17.7 Å². The van der Waals surface area contributed by atoms with Gasteiger partial charge in [0.05, 0.1) is 15.9 Å². The Morgan fingerprint density at radius 1 is 0.569 bits per heavy atom. The second-order valence-electron chi connectivity index (χ2n) is 13.0. The first-order valence-corrected chi connectivity index (χ1v) is 18.1. The molecule has 0 aliphatic heterocycles. The zero-order valence-electron chi connectivity index (χ0n) is 27.4. The quantitative estimate of drug-likeness (QED) is 0.187. The highest BCUT2D eigenvalue weighted by Crippen LogP contribution is 2.47. The van der Waals surface area contributed by atoms with Crippen LogP contribution in [0.3, 0.4) is 0 Å². The van der Waals surface area contributed by atoms with Crippen LogP contribution in [0.25, 0.3) is 98.9 Å². The van der Waals surface area contributed by atoms with Crippen LogP contribution in [0.4, 0.5) is 0 Å². The maximum atomic E-state index is 6.62. The number of fused-ring (bicyclic) bond motifs is 10. The molecule has 5 nitrogen and oxygen atoms in total. The van der Waals surface area contributed by atoms with E-state index in [1.807, 2.05) is 84.1 Å². The molecular formula is C45H28N4OS. The van der Waals surface area contributed by atoms with Gasteiger partial charge in [-0.15, -0.1) is 11.3 Å². The molecule has 0 amide bonds. The SMILES string of the molecule is C1=Cc2c(c3ccccc3n2-c2cccc3c2sc2ccc4oc5cccc(-c6nc(-c7ccccc7)nc(-c7ccccc7)n6)c5c4c23)CC1. The highest BCUT2D eigenvalue weighted by molar-refractivity contribution is 7.26. The molecule has 0 radical (unpaired) electrons. The Bertz CT molecular complexity index is 2970. The second kappa shape index (κ2) is 11.1. The van der Waals surface area contributed by atoms with Gasteiger partial charge in [0.1, 0.15) is 11.2 Å². The number of furan rings is 1. The van der Waals surface area contributed by atoms with Crippen molar-refractivity contribution in [1.29, 1.82) is 0 Å². The first-order chi connectivity index (χ1) is 25.3. The van der Waals surface area contributed by atoms with Crippen molar-refractivity contribution >= 4 is 70.4 Å². The van der Waals surface area contributed by atoms with E-state index in [4.69, 9.17) is 19.4 Å². The average Bonchev–Trinajstić information content (AvgIpc) is 3.88. The number of rotatable bonds is 4. The summed E-state index contributed by atoms with van der Waals surface area (Å²) >= 11 is 1.85. The van der Waals surface area contributed by atoms with Crippen LogP contribution in [0.2, 0.25) is 0 Å². The summed E-state index contributed by atoms with van der Waals surface area (Å²) in [6, 6.07) is 46.3. The van der Waals surface area contributed by atoms with Crippen LogP contribution in [0.5, 0.6) is 0 Å². The van der Waals surface area contributed by atoms with Crippen LogP contribution in [-0.2, 0) is 6.42 Å². The molecule has 1 aliphatic carbocycles. The molecule has 0 bridgehead atoms. The highest BCUT2D eigenvalue weighted by Gasteiger charge is 2.24. The zero-order chi connectivity index (χ0) is 33.5. The first kappa shape index (κ1) is 28.5. The molecule has 6 aromatic carbocycles. The maximum absolute atomic E-state index is 6.62. The van der Waals surface area contributed by atoms with Crippen molar-refractivity contribution in [2.45, 2.75) is 12.8 Å². The largest absolute Gasteiger partial charge is 0.456 e. The smallest absolute Gasteiger partial charge is 0.164 e. The number of thiophene rings is 1. The number of nitrogens with zero attached hydrogens (tertiary/aromatic N) is 4. The van der Waals surface area contributed by atoms with Crippen molar-refractivity contribution in [3.8, 4) is 39.9 Å². The van der Waals surface area contributed by atoms with Crippen LogP contribution >= 0.6 is 11.3 Å². The Morgan fingerprint density at radius 2 is 1.25 bits per heavy atom. The molecule has 11 rings (SSSR count). The molecule has 0 spiro atoms. The predicted octanol–water partition coefficient (Wildman–Crippen LogP) is 12.0. The van der Waals surface area contributed by atoms with Gasteiger partial charge < -0.3 is 8.98 Å². The van der Waals surface area contributed by atoms with Gasteiger partial charge in [0.15, 0.2) is 17.5 Å². The van der Waals surface area contributed by atoms with Crippen molar-refractivity contribution in [2.75, 3.05) is 0 Å². The number of para-hydroxylation sites is 1. The van der Waals surface area contributed by atoms with E-state index in [9.17, 15) is 0 Å². The average molecular weight is 673 g/mol. The standard InChI is InChI=1S/C45H28N4OS/c1-3-13-27(14-4-1)43-46-44(28-15-5-2-6-16-28)48-45(47-43)32-20-12-24-36-39(32)41-37(50-36)25-26-38-40(41)31-19-11-23-35(42(31)51-38)49-33-21-9-7-17-29(33)30-18-8-10-22-34(30)49/h1-7,9-17,19-26H,8,18H2. The molecule has 6 heteroatoms. The van der Waals surface area contributed by atoms with Crippen molar-refractivity contribution in [3.63, 3.8) is 0 Å². The van der Waals surface area contributed by atoms with Gasteiger partial charge in [0.25, 0.3) is 0 Å². The van der Waals surface area contributed by atoms with Crippen LogP contribution in [0.15, 0.2) is 144 Å². The summed E-state index contributed by atoms with van der Waals surface area (Å²) < 4.78 is 11.6. The van der Waals surface area contributed by atoms with Gasteiger partial charge in [-0.05, 0) is 54.8 Å². The number of allylic oxidation sites excluding steroid dienone is 1. The molecule has 0 fully saturated rings. The van der Waals surface area contributed by atoms with Crippen LogP contribution < -0.4 is 0 Å². The third kappa shape index (κ3) is 4.30. The summed E-state index contributed by atoms with van der Waals surface area (Å²) in [6.45, 7) is 0. The lowest BCUT2D eigenvalue weighted by Crippen LogP contribution is -2.00. The van der Waals surface area contributed by atoms with Gasteiger partial charge in [-0.1, -0.05) is 109 Å². The fraction of sp³-hybridized carbons (Fsp3) is 0.0444. The van der Waals surface area contributed by atoms with Crippen molar-refractivity contribution < 1.29 is 4.42 Å². The van der Waals surface area contributed by atoms with Gasteiger partial charge in [-0.2, -0.15) is 0 Å². The fourth-order valence-corrected chi connectivity index (χ4v) is 9.13. The normalized spacial score (nSPS) is 12.9.